The smallest absolute Gasteiger partial charge is 1.00 e. The third-order valence-electron chi connectivity index (χ3n) is 26.4. The molecule has 0 radical (unpaired) electrons. The Labute approximate surface area is 851 Å². The number of aliphatic hydroxyl groups excluding tert-OH is 1. The van der Waals surface area contributed by atoms with Crippen molar-refractivity contribution < 1.29 is 96.6 Å². The molecule has 26 nitrogen and oxygen atoms in total. The first-order chi connectivity index (χ1) is 67.1. The topological polar surface area (TPSA) is 351 Å². The maximum Gasteiger partial charge on any atom is 1.00 e. The second kappa shape index (κ2) is 64.6. The normalized spacial score (nSPS) is 16.1. The summed E-state index contributed by atoms with van der Waals surface area (Å²) >= 11 is 0. The van der Waals surface area contributed by atoms with Gasteiger partial charge in [0.15, 0.2) is 17.4 Å². The number of benzene rings is 3. The molecule has 3 atom stereocenters. The zero-order valence-corrected chi connectivity index (χ0v) is 83.4. The van der Waals surface area contributed by atoms with E-state index in [0.717, 1.165) is 283 Å². The van der Waals surface area contributed by atoms with Crippen molar-refractivity contribution in [3.05, 3.63) is 224 Å². The maximum atomic E-state index is 13.8. The van der Waals surface area contributed by atoms with E-state index in [1.807, 2.05) is 52.3 Å². The van der Waals surface area contributed by atoms with Crippen LogP contribution >= 0.6 is 8.58 Å². The van der Waals surface area contributed by atoms with Crippen molar-refractivity contribution in [3.63, 3.8) is 0 Å². The first-order valence-corrected chi connectivity index (χ1v) is 52.1. The van der Waals surface area contributed by atoms with Crippen LogP contribution in [0.2, 0.25) is 0 Å². The van der Waals surface area contributed by atoms with E-state index in [1.54, 1.807) is 24.3 Å². The number of aliphatic carboxylic acids is 2. The second-order valence-corrected chi connectivity index (χ2v) is 37.9. The molecule has 0 aliphatic carbocycles. The van der Waals surface area contributed by atoms with Crippen molar-refractivity contribution in [2.75, 3.05) is 146 Å². The van der Waals surface area contributed by atoms with E-state index >= 15 is 0 Å². The van der Waals surface area contributed by atoms with Gasteiger partial charge in [-0.15, -0.1) is 8.58 Å². The minimum atomic E-state index is -0.872. The van der Waals surface area contributed by atoms with E-state index in [9.17, 15) is 51.8 Å². The SMILES string of the molecule is C1CCOC1.COC(=O)CC(CC1CCN(C(=O)CCc2ccc3c(n2)NCCC3)CC1)c1cccc(F)c1.COC(=O)CC(CC1CCNCC1)c1cccc(F)c1.CPC.O=C(O)CC(CC1CCN(C(=O)CCc2ccc3c(n2)NCCC3)CC1)c1cccc(F)c1.O=C(O)CCc1ccc2c(n1)NCCC2.O=CCCc1ccc2c(n1)NCCC2.OCCCc1ccc2c(n1)NCCC2.[AlH3].[H-].[Li+]. The Kier molecular flexibility index (Phi) is 53.3. The number of hydrogen-bond donors (Lipinski definition) is 9. The molecule has 17 rings (SSSR count). The number of piperidine rings is 3. The Balaban J connectivity index is 0.000000233. The van der Waals surface area contributed by atoms with Crippen LogP contribution in [0.15, 0.2) is 133 Å². The first kappa shape index (κ1) is 115. The van der Waals surface area contributed by atoms with E-state index in [4.69, 9.17) is 29.4 Å². The molecule has 32 heteroatoms. The number of carboxylic acids is 2. The van der Waals surface area contributed by atoms with Crippen molar-refractivity contribution in [2.24, 2.45) is 17.8 Å². The number of aliphatic hydroxyl groups is 1. The summed E-state index contributed by atoms with van der Waals surface area (Å²) in [6, 6.07) is 40.0. The monoisotopic (exact) mass is 1960 g/mol. The van der Waals surface area contributed by atoms with Gasteiger partial charge < -0.3 is 77.5 Å². The zero-order valence-electron chi connectivity index (χ0n) is 83.4. The number of carboxylic acid groups (broad SMARTS) is 2. The number of likely N-dealkylation sites (tertiary alicyclic amines) is 2. The standard InChI is InChI=1S/C27H34FN3O3.C26H32FN3O3.C16H22FNO2.C11H14N2O2.C11H16N2O.C11H14N2O.C4H8O.C2H7P.Al.Li.4H/c1-34-26(33)18-22(21-4-2-6-23(28)17-21)16-19-11-14-31(15-12-19)25(32)10-9-24-8-7-20-5-3-13-29-27(20)30-24;27-22-5-1-3-20(16-22)21(17-25(32)33)15-18-10-13-30(14-11-18)24(31)9-8-23-7-6-19-4-2-12-28-26(19)29-23;1-20-16(19)11-14(9-12-5-7-18-8-6-12)13-3-2-4-15(17)10-13;14-10(15)6-5-9-4-3-8-2-1-7-12-11(8)13-9;2*14-8-2-4-10-6-5-9-3-1-7-12-11(9)13-10;1-2-4-5-3-1;1-3-2;;;;;;/h2,4,6-8,17,19,22H,3,5,9-16,18H2,1H3,(H,29,30);1,3,5-7,16,18,21H,2,4,8-15,17H2,(H,28,29)(H,32,33);2-4,10,12,14,18H,5-9,11H2,1H3;3-4H,1-2,5-7H2,(H,12,13)(H,14,15);5-6,14H,1-4,7-8H2,(H,12,13);5-6,8H,1-4,7H2,(H,12,13);1-4H2;3H,1-2H3;;;;;;/q;;;;;;;;;+1;;;;-1. The zero-order chi connectivity index (χ0) is 98.0. The number of amides is 2. The number of nitrogens with zero attached hydrogens (tertiary/aromatic N) is 7. The van der Waals surface area contributed by atoms with Gasteiger partial charge in [0, 0.05) is 133 Å². The molecule has 9 N–H and O–H groups in total. The van der Waals surface area contributed by atoms with Crippen LogP contribution < -0.4 is 50.8 Å². The third kappa shape index (κ3) is 41.2. The van der Waals surface area contributed by atoms with Crippen LogP contribution in [0, 0.1) is 35.2 Å². The summed E-state index contributed by atoms with van der Waals surface area (Å²) in [5.41, 5.74) is 13.7. The van der Waals surface area contributed by atoms with Crippen LogP contribution in [0.5, 0.6) is 0 Å². The number of pyridine rings is 5. The summed E-state index contributed by atoms with van der Waals surface area (Å²) in [4.78, 5) is 108. The molecule has 0 spiro atoms. The number of anilines is 5. The maximum absolute atomic E-state index is 13.8. The summed E-state index contributed by atoms with van der Waals surface area (Å²) in [5.74, 6) is 3.25. The van der Waals surface area contributed by atoms with Gasteiger partial charge in [-0.05, 0) is 340 Å². The molecule has 3 aromatic carbocycles. The number of nitrogens with one attached hydrogen (secondary N) is 6. The first-order valence-electron chi connectivity index (χ1n) is 50.1. The Hall–Kier alpha value is -9.87. The number of halogens is 3. The fraction of sp³-hybridized carbons (Fsp3) is 0.537. The summed E-state index contributed by atoms with van der Waals surface area (Å²) in [6.07, 6.45) is 29.2. The Morgan fingerprint density at radius 2 is 0.757 bits per heavy atom. The molecular weight excluding hydrogens is 1810 g/mol. The molecule has 8 aromatic rings. The average Bonchev–Trinajstić information content (AvgIpc) is 1.25. The molecule has 756 valence electrons. The van der Waals surface area contributed by atoms with E-state index in [2.05, 4.69) is 95.5 Å². The van der Waals surface area contributed by atoms with Crippen molar-refractivity contribution in [1.29, 1.82) is 0 Å². The second-order valence-electron chi connectivity index (χ2n) is 36.9. The molecule has 4 saturated heterocycles. The number of aromatic nitrogens is 5. The number of ether oxygens (including phenoxy) is 3. The van der Waals surface area contributed by atoms with E-state index < -0.39 is 11.9 Å². The largest absolute Gasteiger partial charge is 1.00 e. The number of rotatable bonds is 30. The number of carbonyl (C=O) groups is 7. The van der Waals surface area contributed by atoms with Gasteiger partial charge >= 0.3 is 42.7 Å². The van der Waals surface area contributed by atoms with Crippen LogP contribution in [0.3, 0.4) is 0 Å². The van der Waals surface area contributed by atoms with Gasteiger partial charge in [-0.2, -0.15) is 0 Å². The van der Waals surface area contributed by atoms with Gasteiger partial charge in [0.2, 0.25) is 11.8 Å². The van der Waals surface area contributed by atoms with Gasteiger partial charge in [-0.25, -0.2) is 38.1 Å². The molecule has 0 bridgehead atoms. The molecule has 4 fully saturated rings. The van der Waals surface area contributed by atoms with Crippen molar-refractivity contribution in [3.8, 4) is 0 Å². The Bertz CT molecular complexity index is 5110. The van der Waals surface area contributed by atoms with Crippen molar-refractivity contribution >= 4 is 97.0 Å². The van der Waals surface area contributed by atoms with Crippen LogP contribution in [0.1, 0.15) is 246 Å². The molecule has 9 aliphatic rings. The predicted molar refractivity (Wildman–Crippen MR) is 550 cm³/mol. The van der Waals surface area contributed by atoms with Gasteiger partial charge in [0.25, 0.3) is 0 Å². The number of methoxy groups -OCH3 is 2. The number of carbonyl (C=O) groups excluding carboxylic acids is 5. The number of hydrogen-bond acceptors (Lipinski definition) is 22. The van der Waals surface area contributed by atoms with Gasteiger partial charge in [0.05, 0.1) is 39.9 Å². The van der Waals surface area contributed by atoms with E-state index in [0.29, 0.717) is 82.2 Å². The van der Waals surface area contributed by atoms with Crippen LogP contribution in [-0.4, -0.2) is 229 Å². The number of esters is 2. The number of fused-ring (bicyclic) bond motifs is 5. The molecule has 14 heterocycles. The van der Waals surface area contributed by atoms with Gasteiger partial charge in [-0.3, -0.25) is 28.8 Å². The third-order valence-corrected chi connectivity index (χ3v) is 26.4. The molecule has 3 unspecified atom stereocenters. The molecule has 0 saturated carbocycles. The molecular formula is C108H151AlF3LiN13O13P. The fourth-order valence-electron chi connectivity index (χ4n) is 18.8. The van der Waals surface area contributed by atoms with Crippen molar-refractivity contribution in [2.45, 2.75) is 236 Å². The van der Waals surface area contributed by atoms with Gasteiger partial charge in [-0.1, -0.05) is 66.7 Å². The van der Waals surface area contributed by atoms with Crippen LogP contribution in [0.4, 0.5) is 42.3 Å². The fourth-order valence-corrected chi connectivity index (χ4v) is 18.8. The Morgan fingerprint density at radius 1 is 0.443 bits per heavy atom. The molecule has 5 aromatic heterocycles. The molecule has 2 amide bonds. The predicted octanol–water partition coefficient (Wildman–Crippen LogP) is 13.8. The molecule has 9 aliphatic heterocycles. The Morgan fingerprint density at radius 3 is 1.05 bits per heavy atom. The minimum absolute atomic E-state index is 0. The van der Waals surface area contributed by atoms with Crippen LogP contribution in [0.25, 0.3) is 0 Å². The van der Waals surface area contributed by atoms with Crippen molar-refractivity contribution in [1.82, 2.24) is 40.0 Å². The molecule has 140 heavy (non-hydrogen) atoms. The average molecular weight is 1960 g/mol. The summed E-state index contributed by atoms with van der Waals surface area (Å²) in [5, 5.41) is 46.5. The minimum Gasteiger partial charge on any atom is -1.00 e. The number of aldehydes is 1. The number of aryl methyl sites for hydroxylation is 10. The quantitative estimate of drug-likeness (QED) is 0.00874. The van der Waals surface area contributed by atoms with Crippen LogP contribution in [-0.2, 0) is 112 Å². The van der Waals surface area contributed by atoms with Gasteiger partial charge in [0.1, 0.15) is 52.8 Å². The summed E-state index contributed by atoms with van der Waals surface area (Å²) in [6.45, 7) is 16.3. The summed E-state index contributed by atoms with van der Waals surface area (Å²) in [7, 11) is 3.86. The van der Waals surface area contributed by atoms with E-state index in [1.165, 1.54) is 104 Å². The summed E-state index contributed by atoms with van der Waals surface area (Å²) < 4.78 is 55.4. The van der Waals surface area contributed by atoms with E-state index in [-0.39, 0.29) is 122 Å².